The Hall–Kier alpha value is -3.12. The highest BCUT2D eigenvalue weighted by atomic mass is 28.4. The zero-order valence-electron chi connectivity index (χ0n) is 22.4. The van der Waals surface area contributed by atoms with E-state index < -0.39 is 8.32 Å². The lowest BCUT2D eigenvalue weighted by Crippen LogP contribution is -2.35. The second-order valence-electron chi connectivity index (χ2n) is 9.08. The highest BCUT2D eigenvalue weighted by molar-refractivity contribution is 6.73. The van der Waals surface area contributed by atoms with E-state index in [0.29, 0.717) is 33.0 Å². The summed E-state index contributed by atoms with van der Waals surface area (Å²) in [5, 5.41) is 0. The smallest absolute Gasteiger partial charge is 0.193 e. The fourth-order valence-electron chi connectivity index (χ4n) is 4.15. The van der Waals surface area contributed by atoms with Crippen molar-refractivity contribution in [2.45, 2.75) is 65.3 Å². The lowest BCUT2D eigenvalue weighted by Gasteiger charge is -2.26. The second-order valence-corrected chi connectivity index (χ2v) is 13.9. The molecule has 3 rings (SSSR count). The summed E-state index contributed by atoms with van der Waals surface area (Å²) >= 11 is 0. The lowest BCUT2D eigenvalue weighted by atomic mass is 10.1. The van der Waals surface area contributed by atoms with Crippen molar-refractivity contribution in [3.8, 4) is 23.7 Å². The molecule has 0 aromatic heterocycles. The van der Waals surface area contributed by atoms with E-state index >= 15 is 0 Å². The SMILES string of the molecule is CC[Si](CC)(CC)OCC#CC#Cc1cc(COCc2ccccc2)cc(COCc2ccccc2)c1. The maximum absolute atomic E-state index is 6.19. The molecule has 0 saturated heterocycles. The Labute approximate surface area is 224 Å². The van der Waals surface area contributed by atoms with Crippen LogP contribution in [0, 0.1) is 23.7 Å². The van der Waals surface area contributed by atoms with Crippen molar-refractivity contribution in [1.82, 2.24) is 0 Å². The first kappa shape index (κ1) is 28.4. The molecule has 0 aliphatic rings. The molecule has 4 heteroatoms. The van der Waals surface area contributed by atoms with Gasteiger partial charge in [-0.2, -0.15) is 0 Å². The highest BCUT2D eigenvalue weighted by Crippen LogP contribution is 2.21. The maximum Gasteiger partial charge on any atom is 0.193 e. The quantitative estimate of drug-likeness (QED) is 0.176. The summed E-state index contributed by atoms with van der Waals surface area (Å²) in [6.07, 6.45) is 0. The third kappa shape index (κ3) is 10.0. The Morgan fingerprint density at radius 3 is 1.57 bits per heavy atom. The van der Waals surface area contributed by atoms with Crippen LogP contribution >= 0.6 is 0 Å². The molecule has 3 aromatic rings. The van der Waals surface area contributed by atoms with Crippen molar-refractivity contribution in [3.63, 3.8) is 0 Å². The van der Waals surface area contributed by atoms with Crippen LogP contribution in [0.2, 0.25) is 18.1 Å². The van der Waals surface area contributed by atoms with Crippen LogP contribution in [0.3, 0.4) is 0 Å². The number of ether oxygens (including phenoxy) is 2. The maximum atomic E-state index is 6.19. The van der Waals surface area contributed by atoms with Crippen LogP contribution in [0.4, 0.5) is 0 Å². The van der Waals surface area contributed by atoms with Gasteiger partial charge in [0.05, 0.1) is 33.0 Å². The minimum absolute atomic E-state index is 0.461. The van der Waals surface area contributed by atoms with Crippen molar-refractivity contribution in [2.24, 2.45) is 0 Å². The number of hydrogen-bond acceptors (Lipinski definition) is 3. The molecule has 0 heterocycles. The largest absolute Gasteiger partial charge is 0.406 e. The van der Waals surface area contributed by atoms with Crippen LogP contribution in [0.5, 0.6) is 0 Å². The van der Waals surface area contributed by atoms with Gasteiger partial charge in [-0.05, 0) is 64.4 Å². The van der Waals surface area contributed by atoms with Crippen LogP contribution in [-0.2, 0) is 40.3 Å². The first-order valence-electron chi connectivity index (χ1n) is 13.2. The van der Waals surface area contributed by atoms with E-state index in [-0.39, 0.29) is 0 Å². The zero-order chi connectivity index (χ0) is 26.2. The van der Waals surface area contributed by atoms with Gasteiger partial charge in [-0.3, -0.25) is 0 Å². The Bertz CT molecular complexity index is 1120. The van der Waals surface area contributed by atoms with Gasteiger partial charge in [-0.15, -0.1) is 0 Å². The molecule has 0 atom stereocenters. The molecule has 0 aliphatic heterocycles. The van der Waals surface area contributed by atoms with Gasteiger partial charge in [-0.25, -0.2) is 0 Å². The number of rotatable bonds is 13. The highest BCUT2D eigenvalue weighted by Gasteiger charge is 2.27. The topological polar surface area (TPSA) is 27.7 Å². The molecule has 0 aliphatic carbocycles. The van der Waals surface area contributed by atoms with Crippen LogP contribution in [0.1, 0.15) is 48.6 Å². The Kier molecular flexibility index (Phi) is 12.2. The normalized spacial score (nSPS) is 10.8. The Balaban J connectivity index is 1.65. The Morgan fingerprint density at radius 2 is 1.08 bits per heavy atom. The average Bonchev–Trinajstić information content (AvgIpc) is 2.94. The van der Waals surface area contributed by atoms with Gasteiger partial charge in [0.25, 0.3) is 0 Å². The van der Waals surface area contributed by atoms with Crippen molar-refractivity contribution in [1.29, 1.82) is 0 Å². The molecule has 0 amide bonds. The molecule has 3 aromatic carbocycles. The molecular weight excluding hydrogens is 472 g/mol. The summed E-state index contributed by atoms with van der Waals surface area (Å²) in [6.45, 7) is 9.29. The summed E-state index contributed by atoms with van der Waals surface area (Å²) in [5.41, 5.74) is 5.37. The van der Waals surface area contributed by atoms with Crippen molar-refractivity contribution < 1.29 is 13.9 Å². The standard InChI is InChI=1S/C33H38O3Si/c1-4-37(5-2,6-3)36-21-15-9-14-20-31-22-32(27-34-25-29-16-10-7-11-17-29)24-33(23-31)28-35-26-30-18-12-8-13-19-30/h7-8,10-13,16-19,22-24H,4-6,21,25-28H2,1-3H3. The third-order valence-electron chi connectivity index (χ3n) is 6.55. The van der Waals surface area contributed by atoms with Gasteiger partial charge in [0.1, 0.15) is 0 Å². The molecule has 0 unspecified atom stereocenters. The predicted octanol–water partition coefficient (Wildman–Crippen LogP) is 7.50. The molecule has 3 nitrogen and oxygen atoms in total. The zero-order valence-corrected chi connectivity index (χ0v) is 23.4. The van der Waals surface area contributed by atoms with E-state index in [1.54, 1.807) is 0 Å². The van der Waals surface area contributed by atoms with Gasteiger partial charge >= 0.3 is 0 Å². The first-order valence-corrected chi connectivity index (χ1v) is 15.7. The van der Waals surface area contributed by atoms with E-state index in [1.807, 2.05) is 36.4 Å². The van der Waals surface area contributed by atoms with Gasteiger partial charge < -0.3 is 13.9 Å². The van der Waals surface area contributed by atoms with E-state index in [4.69, 9.17) is 13.9 Å². The summed E-state index contributed by atoms with van der Waals surface area (Å²) in [7, 11) is -1.61. The molecule has 0 radical (unpaired) electrons. The van der Waals surface area contributed by atoms with E-state index in [0.717, 1.165) is 45.9 Å². The summed E-state index contributed by atoms with van der Waals surface area (Å²) in [6, 6.07) is 30.1. The van der Waals surface area contributed by atoms with Gasteiger partial charge in [-0.1, -0.05) is 99.3 Å². The molecule has 37 heavy (non-hydrogen) atoms. The molecule has 0 N–H and O–H groups in total. The van der Waals surface area contributed by atoms with Gasteiger partial charge in [0.15, 0.2) is 8.32 Å². The van der Waals surface area contributed by atoms with Crippen LogP contribution in [0.15, 0.2) is 78.9 Å². The summed E-state index contributed by atoms with van der Waals surface area (Å²) in [5.74, 6) is 12.3. The first-order chi connectivity index (χ1) is 18.2. The van der Waals surface area contributed by atoms with E-state index in [2.05, 4.69) is 86.9 Å². The molecule has 0 bridgehead atoms. The molecule has 0 fully saturated rings. The molecule has 192 valence electrons. The predicted molar refractivity (Wildman–Crippen MR) is 154 cm³/mol. The van der Waals surface area contributed by atoms with Crippen molar-refractivity contribution in [2.75, 3.05) is 6.61 Å². The monoisotopic (exact) mass is 510 g/mol. The fourth-order valence-corrected chi connectivity index (χ4v) is 6.64. The third-order valence-corrected chi connectivity index (χ3v) is 11.2. The lowest BCUT2D eigenvalue weighted by molar-refractivity contribution is 0.103. The van der Waals surface area contributed by atoms with Crippen LogP contribution in [0.25, 0.3) is 0 Å². The van der Waals surface area contributed by atoms with Gasteiger partial charge in [0.2, 0.25) is 0 Å². The van der Waals surface area contributed by atoms with Gasteiger partial charge in [0, 0.05) is 5.56 Å². The van der Waals surface area contributed by atoms with Crippen molar-refractivity contribution in [3.05, 3.63) is 107 Å². The fraction of sp³-hybridized carbons (Fsp3) is 0.333. The average molecular weight is 511 g/mol. The molecular formula is C33H38O3Si. The number of benzene rings is 3. The van der Waals surface area contributed by atoms with E-state index in [9.17, 15) is 0 Å². The second kappa shape index (κ2) is 15.9. The minimum Gasteiger partial charge on any atom is -0.406 e. The van der Waals surface area contributed by atoms with Crippen LogP contribution < -0.4 is 0 Å². The summed E-state index contributed by atoms with van der Waals surface area (Å²) in [4.78, 5) is 0. The van der Waals surface area contributed by atoms with Crippen molar-refractivity contribution >= 4 is 8.32 Å². The minimum atomic E-state index is -1.61. The summed E-state index contributed by atoms with van der Waals surface area (Å²) < 4.78 is 18.2. The molecule has 0 saturated carbocycles. The Morgan fingerprint density at radius 1 is 0.595 bits per heavy atom. The molecule has 0 spiro atoms. The van der Waals surface area contributed by atoms with E-state index in [1.165, 1.54) is 0 Å². The van der Waals surface area contributed by atoms with Crippen LogP contribution in [-0.4, -0.2) is 14.9 Å². The number of hydrogen-bond donors (Lipinski definition) is 0.